The van der Waals surface area contributed by atoms with Crippen molar-refractivity contribution >= 4 is 28.7 Å². The van der Waals surface area contributed by atoms with Crippen LogP contribution in [0.25, 0.3) is 11.0 Å². The molecule has 2 N–H and O–H groups in total. The van der Waals surface area contributed by atoms with Gasteiger partial charge < -0.3 is 14.8 Å². The molecule has 39 heavy (non-hydrogen) atoms. The third-order valence-electron chi connectivity index (χ3n) is 10.4. The highest BCUT2D eigenvalue weighted by Gasteiger charge is 2.41. The summed E-state index contributed by atoms with van der Waals surface area (Å²) in [4.78, 5) is 33.0. The van der Waals surface area contributed by atoms with Crippen LogP contribution < -0.4 is 15.5 Å². The van der Waals surface area contributed by atoms with E-state index in [2.05, 4.69) is 32.4 Å². The number of amides is 3. The molecule has 0 radical (unpaired) electrons. The Balaban J connectivity index is 1.04. The van der Waals surface area contributed by atoms with Crippen molar-refractivity contribution in [1.29, 1.82) is 0 Å². The maximum atomic E-state index is 15.3. The topological polar surface area (TPSA) is 82.5 Å². The van der Waals surface area contributed by atoms with Crippen molar-refractivity contribution in [3.63, 3.8) is 0 Å². The number of hydrogen-bond donors (Lipinski definition) is 2. The van der Waals surface area contributed by atoms with Gasteiger partial charge >= 0.3 is 6.03 Å². The van der Waals surface area contributed by atoms with E-state index in [1.54, 1.807) is 11.1 Å². The average molecular weight is 537 g/mol. The normalized spacial score (nSPS) is 26.3. The summed E-state index contributed by atoms with van der Waals surface area (Å²) < 4.78 is 17.7. The zero-order chi connectivity index (χ0) is 26.6. The number of anilines is 1. The summed E-state index contributed by atoms with van der Waals surface area (Å²) in [6.07, 6.45) is 15.3. The summed E-state index contributed by atoms with van der Waals surface area (Å²) in [6, 6.07) is 2.20. The molecule has 7 rings (SSSR count). The monoisotopic (exact) mass is 536 g/mol. The Morgan fingerprint density at radius 3 is 2.41 bits per heavy atom. The van der Waals surface area contributed by atoms with Crippen LogP contribution in [-0.2, 0) is 4.79 Å². The molecule has 1 spiro atoms. The van der Waals surface area contributed by atoms with Gasteiger partial charge in [0.25, 0.3) is 0 Å². The molecule has 3 amide bonds. The van der Waals surface area contributed by atoms with Crippen molar-refractivity contribution in [2.24, 2.45) is 5.41 Å². The number of halogens is 1. The van der Waals surface area contributed by atoms with Gasteiger partial charge in [0.15, 0.2) is 0 Å². The van der Waals surface area contributed by atoms with Crippen LogP contribution in [0, 0.1) is 5.41 Å². The lowest BCUT2D eigenvalue weighted by atomic mass is 9.67. The van der Waals surface area contributed by atoms with Gasteiger partial charge in [0, 0.05) is 37.1 Å². The fraction of sp³-hybridized carbons (Fsp3) is 0.700. The first-order valence-electron chi connectivity index (χ1n) is 15.1. The van der Waals surface area contributed by atoms with Crippen LogP contribution in [0.15, 0.2) is 18.5 Å². The van der Waals surface area contributed by atoms with Gasteiger partial charge in [-0.15, -0.1) is 0 Å². The van der Waals surface area contributed by atoms with E-state index < -0.39 is 5.67 Å². The first-order valence-corrected chi connectivity index (χ1v) is 15.1. The molecule has 9 heteroatoms. The Kier molecular flexibility index (Phi) is 6.42. The Morgan fingerprint density at radius 1 is 0.974 bits per heavy atom. The number of rotatable bonds is 5. The molecule has 5 heterocycles. The Labute approximate surface area is 229 Å². The van der Waals surface area contributed by atoms with Crippen molar-refractivity contribution < 1.29 is 14.0 Å². The van der Waals surface area contributed by atoms with Crippen LogP contribution in [0.4, 0.5) is 14.9 Å². The minimum Gasteiger partial charge on any atom is -0.329 e. The Bertz CT molecular complexity index is 1250. The van der Waals surface area contributed by atoms with Crippen LogP contribution in [0.2, 0.25) is 0 Å². The minimum absolute atomic E-state index is 0.219. The molecule has 2 aliphatic carbocycles. The number of nitrogens with zero attached hydrogens (tertiary/aromatic N) is 4. The SMILES string of the molecule is O=C1CCN(c2cnc3c(c2)c(C2CC2)cn3C2CCC3(CC2)CCN(CC2(F)CCNCC2)CC3)C(=O)N1. The molecular weight excluding hydrogens is 495 g/mol. The van der Waals surface area contributed by atoms with Crippen LogP contribution >= 0.6 is 0 Å². The van der Waals surface area contributed by atoms with Gasteiger partial charge in [-0.3, -0.25) is 15.0 Å². The second-order valence-corrected chi connectivity index (χ2v) is 13.0. The molecule has 210 valence electrons. The predicted octanol–water partition coefficient (Wildman–Crippen LogP) is 4.65. The van der Waals surface area contributed by atoms with E-state index >= 15 is 4.39 Å². The Hall–Kier alpha value is -2.52. The van der Waals surface area contributed by atoms with Gasteiger partial charge in [-0.05, 0) is 113 Å². The Morgan fingerprint density at radius 2 is 1.72 bits per heavy atom. The lowest BCUT2D eigenvalue weighted by Crippen LogP contribution is -2.50. The smallest absolute Gasteiger partial charge is 0.328 e. The van der Waals surface area contributed by atoms with Crippen molar-refractivity contribution in [1.82, 2.24) is 25.1 Å². The fourth-order valence-corrected chi connectivity index (χ4v) is 7.71. The predicted molar refractivity (Wildman–Crippen MR) is 149 cm³/mol. The second-order valence-electron chi connectivity index (χ2n) is 13.0. The molecule has 2 aromatic heterocycles. The summed E-state index contributed by atoms with van der Waals surface area (Å²) >= 11 is 0. The van der Waals surface area contributed by atoms with Crippen LogP contribution in [0.3, 0.4) is 0 Å². The number of piperidine rings is 2. The van der Waals surface area contributed by atoms with Crippen LogP contribution in [0.5, 0.6) is 0 Å². The van der Waals surface area contributed by atoms with Gasteiger partial charge in [0.05, 0.1) is 11.9 Å². The standard InChI is InChI=1S/C30H41FN6O2/c31-30(8-12-32-13-9-30)20-35-15-10-29(11-16-35)6-3-22(4-7-29)37-19-25(21-1-2-21)24-17-23(18-33-27(24)37)36-14-5-26(38)34-28(36)39/h17-19,21-22,32H,1-16,20H2,(H,34,38,39). The quantitative estimate of drug-likeness (QED) is 0.582. The minimum atomic E-state index is -1.01. The van der Waals surface area contributed by atoms with E-state index in [-0.39, 0.29) is 11.9 Å². The van der Waals surface area contributed by atoms with Crippen LogP contribution in [0.1, 0.15) is 88.2 Å². The van der Waals surface area contributed by atoms with Crippen molar-refractivity contribution in [2.45, 2.75) is 88.3 Å². The average Bonchev–Trinajstić information content (AvgIpc) is 3.71. The van der Waals surface area contributed by atoms with E-state index in [9.17, 15) is 9.59 Å². The van der Waals surface area contributed by atoms with E-state index in [1.807, 2.05) is 0 Å². The first-order chi connectivity index (χ1) is 18.9. The van der Waals surface area contributed by atoms with Crippen molar-refractivity contribution in [2.75, 3.05) is 44.2 Å². The fourth-order valence-electron chi connectivity index (χ4n) is 7.71. The van der Waals surface area contributed by atoms with Crippen molar-refractivity contribution in [3.8, 4) is 0 Å². The lowest BCUT2D eigenvalue weighted by Gasteiger charge is -2.47. The summed E-state index contributed by atoms with van der Waals surface area (Å²) in [6.45, 7) is 4.66. The molecule has 2 saturated carbocycles. The molecule has 5 aliphatic rings. The zero-order valence-corrected chi connectivity index (χ0v) is 22.9. The third kappa shape index (κ3) is 4.97. The molecule has 5 fully saturated rings. The maximum Gasteiger partial charge on any atom is 0.328 e. The number of urea groups is 1. The van der Waals surface area contributed by atoms with Gasteiger partial charge in [-0.1, -0.05) is 0 Å². The summed E-state index contributed by atoms with van der Waals surface area (Å²) in [7, 11) is 0. The number of nitrogens with one attached hydrogen (secondary N) is 2. The molecule has 0 unspecified atom stereocenters. The van der Waals surface area contributed by atoms with Gasteiger partial charge in [0.1, 0.15) is 11.3 Å². The van der Waals surface area contributed by atoms with Gasteiger partial charge in [-0.25, -0.2) is 14.2 Å². The number of likely N-dealkylation sites (tertiary alicyclic amines) is 1. The summed E-state index contributed by atoms with van der Waals surface area (Å²) in [5, 5.41) is 6.88. The highest BCUT2D eigenvalue weighted by molar-refractivity contribution is 6.06. The number of imide groups is 1. The third-order valence-corrected chi connectivity index (χ3v) is 10.4. The van der Waals surface area contributed by atoms with Gasteiger partial charge in [0.2, 0.25) is 5.91 Å². The number of hydrogen-bond acceptors (Lipinski definition) is 5. The number of aromatic nitrogens is 2. The van der Waals surface area contributed by atoms with Crippen LogP contribution in [-0.4, -0.2) is 71.3 Å². The van der Waals surface area contributed by atoms with E-state index in [0.29, 0.717) is 49.7 Å². The molecule has 8 nitrogen and oxygen atoms in total. The molecule has 3 aliphatic heterocycles. The molecular formula is C30H41FN6O2. The number of carbonyl (C=O) groups is 2. The molecule has 2 aromatic rings. The number of alkyl halides is 1. The molecule has 0 bridgehead atoms. The first kappa shape index (κ1) is 25.4. The zero-order valence-electron chi connectivity index (χ0n) is 22.9. The highest BCUT2D eigenvalue weighted by atomic mass is 19.1. The van der Waals surface area contributed by atoms with Crippen molar-refractivity contribution in [3.05, 3.63) is 24.0 Å². The number of fused-ring (bicyclic) bond motifs is 1. The lowest BCUT2D eigenvalue weighted by molar-refractivity contribution is -0.120. The van der Waals surface area contributed by atoms with E-state index in [4.69, 9.17) is 4.98 Å². The highest BCUT2D eigenvalue weighted by Crippen LogP contribution is 2.50. The van der Waals surface area contributed by atoms with E-state index in [1.165, 1.54) is 44.1 Å². The molecule has 3 saturated heterocycles. The maximum absolute atomic E-state index is 15.3. The summed E-state index contributed by atoms with van der Waals surface area (Å²) in [5.74, 6) is 0.365. The number of pyridine rings is 1. The molecule has 0 atom stereocenters. The second kappa shape index (κ2) is 9.84. The summed E-state index contributed by atoms with van der Waals surface area (Å²) in [5.41, 5.74) is 2.55. The molecule has 0 aromatic carbocycles. The number of carbonyl (C=O) groups excluding carboxylic acids is 2. The largest absolute Gasteiger partial charge is 0.329 e. The van der Waals surface area contributed by atoms with Gasteiger partial charge in [-0.2, -0.15) is 0 Å². The van der Waals surface area contributed by atoms with E-state index in [0.717, 1.165) is 55.7 Å².